The first-order valence-corrected chi connectivity index (χ1v) is 41.3. The molecule has 0 radical (unpaired) electrons. The number of ketones is 2. The fourth-order valence-corrected chi connectivity index (χ4v) is 15.9. The van der Waals surface area contributed by atoms with Crippen LogP contribution in [0.25, 0.3) is 0 Å². The van der Waals surface area contributed by atoms with Crippen LogP contribution in [-0.2, 0) is 81.0 Å². The summed E-state index contributed by atoms with van der Waals surface area (Å²) in [6.45, 7) is 18.5. The molecule has 3 aliphatic heterocycles. The van der Waals surface area contributed by atoms with Crippen LogP contribution in [0.5, 0.6) is 0 Å². The number of ether oxygens (including phenoxy) is 9. The number of aliphatic hydroxyl groups excluding tert-OH is 1. The van der Waals surface area contributed by atoms with Crippen molar-refractivity contribution in [3.63, 3.8) is 0 Å². The maximum Gasteiger partial charge on any atom is 0.329 e. The summed E-state index contributed by atoms with van der Waals surface area (Å²) in [5.74, 6) is -12.0. The molecule has 1 amide bonds. The minimum atomic E-state index is -2.61. The molecule has 0 aromatic heterocycles. The van der Waals surface area contributed by atoms with Gasteiger partial charge in [0.2, 0.25) is 5.79 Å². The Labute approximate surface area is 632 Å². The maximum absolute atomic E-state index is 15.1. The van der Waals surface area contributed by atoms with Crippen LogP contribution in [0.3, 0.4) is 0 Å². The summed E-state index contributed by atoms with van der Waals surface area (Å²) in [5, 5.41) is 23.2. The molecule has 2 bridgehead atoms. The van der Waals surface area contributed by atoms with E-state index in [0.29, 0.717) is 63.4 Å². The third-order valence-electron chi connectivity index (χ3n) is 22.3. The lowest BCUT2D eigenvalue weighted by Gasteiger charge is -2.47. The number of cyclic esters (lactones) is 1. The van der Waals surface area contributed by atoms with Gasteiger partial charge in [-0.1, -0.05) is 219 Å². The number of methoxy groups -OCH3 is 3. The zero-order valence-electron chi connectivity index (χ0n) is 67.0. The standard InChI is InChI=1S/C85H143NO19/c1-13-16-18-20-22-24-26-28-30-32-34-36-38-44-76(89)100-58-68(59-101-77(90)45-39-37-35-33-31-29-27-25-23-21-19-17-14-2)102-78(91)52-62(6)53-79(92)103-72-57-71(88)67(42-15-3)50-60(4)49-61(5)51-74(98-11)81-75(99-12)55-64(8)85(96,105-81)82(93)83(94)86-48-41-40-43-69(86)84(95)104-80(65(72)9)63(7)54-66-46-47-70(87)73(56-66)97-10/h15,50,54,61-62,64-70,72-75,80-81,87,96H,3,13-14,16-49,51-53,55-59H2,1-2,4-12H3/b60-50+,63-54+/t61-,62?,64+,65+,66?,67+,69-,70+,72-,73+,74-,75-,80+,81+,85+/m0/s1. The lowest BCUT2D eigenvalue weighted by molar-refractivity contribution is -0.302. The summed E-state index contributed by atoms with van der Waals surface area (Å²) in [7, 11) is 4.55. The molecule has 3 heterocycles. The number of allylic oxidation sites excluding steroid dienone is 4. The van der Waals surface area contributed by atoms with Crippen molar-refractivity contribution in [3.8, 4) is 0 Å². The van der Waals surface area contributed by atoms with Crippen LogP contribution < -0.4 is 0 Å². The van der Waals surface area contributed by atoms with E-state index in [1.54, 1.807) is 33.8 Å². The van der Waals surface area contributed by atoms with Gasteiger partial charge < -0.3 is 57.7 Å². The van der Waals surface area contributed by atoms with Crippen molar-refractivity contribution in [3.05, 3.63) is 36.0 Å². The number of hydrogen-bond donors (Lipinski definition) is 2. The predicted octanol–water partition coefficient (Wildman–Crippen LogP) is 16.6. The first-order valence-electron chi connectivity index (χ1n) is 41.3. The Morgan fingerprint density at radius 3 is 1.67 bits per heavy atom. The van der Waals surface area contributed by atoms with E-state index in [1.807, 2.05) is 26.0 Å². The molecule has 0 aromatic carbocycles. The smallest absolute Gasteiger partial charge is 0.329 e. The maximum atomic E-state index is 15.1. The first-order chi connectivity index (χ1) is 50.4. The van der Waals surface area contributed by atoms with Crippen LogP contribution >= 0.6 is 0 Å². The lowest BCUT2D eigenvalue weighted by Crippen LogP contribution is -2.64. The highest BCUT2D eigenvalue weighted by molar-refractivity contribution is 6.39. The molecule has 0 spiro atoms. The average Bonchev–Trinajstić information content (AvgIpc) is 0.830. The number of Topliss-reactive ketones (excluding diaryl/α,β-unsaturated/α-hetero) is 2. The molecule has 1 saturated carbocycles. The summed E-state index contributed by atoms with van der Waals surface area (Å²) in [4.78, 5) is 116. The van der Waals surface area contributed by atoms with Crippen molar-refractivity contribution in [1.82, 2.24) is 4.90 Å². The number of hydrogen-bond acceptors (Lipinski definition) is 19. The normalized spacial score (nSPS) is 27.8. The molecule has 2 unspecified atom stereocenters. The second-order valence-electron chi connectivity index (χ2n) is 31.7. The van der Waals surface area contributed by atoms with Gasteiger partial charge in [-0.25, -0.2) is 4.79 Å². The van der Waals surface area contributed by atoms with Crippen molar-refractivity contribution in [2.45, 2.75) is 379 Å². The van der Waals surface area contributed by atoms with Gasteiger partial charge in [0.1, 0.15) is 43.4 Å². The molecule has 602 valence electrons. The quantitative estimate of drug-likeness (QED) is 0.0189. The van der Waals surface area contributed by atoms with E-state index in [1.165, 1.54) is 137 Å². The van der Waals surface area contributed by atoms with Crippen LogP contribution in [-0.4, -0.2) is 164 Å². The second kappa shape index (κ2) is 52.3. The monoisotopic (exact) mass is 1480 g/mol. The second-order valence-corrected chi connectivity index (χ2v) is 31.7. The van der Waals surface area contributed by atoms with E-state index >= 15 is 9.59 Å². The molecule has 4 aliphatic rings. The zero-order valence-corrected chi connectivity index (χ0v) is 67.0. The molecule has 2 N–H and O–H groups in total. The fraction of sp³-hybridized carbons (Fsp3) is 0.835. The van der Waals surface area contributed by atoms with Crippen molar-refractivity contribution in [1.29, 1.82) is 0 Å². The Bertz CT molecular complexity index is 2580. The molecule has 0 aromatic rings. The number of carbonyl (C=O) groups excluding carboxylic acids is 8. The molecule has 105 heavy (non-hydrogen) atoms. The number of fused-ring (bicyclic) bond motifs is 3. The van der Waals surface area contributed by atoms with Gasteiger partial charge in [-0.2, -0.15) is 0 Å². The van der Waals surface area contributed by atoms with Gasteiger partial charge in [0.25, 0.3) is 11.7 Å². The summed E-state index contributed by atoms with van der Waals surface area (Å²) in [6.07, 6.45) is 32.0. The van der Waals surface area contributed by atoms with E-state index in [9.17, 15) is 39.0 Å². The average molecular weight is 1480 g/mol. The Morgan fingerprint density at radius 1 is 0.648 bits per heavy atom. The van der Waals surface area contributed by atoms with Gasteiger partial charge in [-0.15, -0.1) is 6.58 Å². The van der Waals surface area contributed by atoms with E-state index in [4.69, 9.17) is 42.6 Å². The third-order valence-corrected chi connectivity index (χ3v) is 22.3. The summed E-state index contributed by atoms with van der Waals surface area (Å²) < 4.78 is 54.3. The van der Waals surface area contributed by atoms with Crippen molar-refractivity contribution < 1.29 is 91.2 Å². The molecule has 4 rings (SSSR count). The van der Waals surface area contributed by atoms with Gasteiger partial charge in [0.15, 0.2) is 6.10 Å². The largest absolute Gasteiger partial charge is 0.462 e. The van der Waals surface area contributed by atoms with Crippen LogP contribution in [0, 0.1) is 35.5 Å². The molecular weight excluding hydrogens is 1340 g/mol. The van der Waals surface area contributed by atoms with Crippen LogP contribution in [0.1, 0.15) is 319 Å². The zero-order chi connectivity index (χ0) is 77.1. The minimum absolute atomic E-state index is 0.00676. The Hall–Kier alpha value is -4.86. The number of aliphatic hydroxyl groups is 2. The molecule has 1 aliphatic carbocycles. The van der Waals surface area contributed by atoms with E-state index in [-0.39, 0.29) is 88.7 Å². The van der Waals surface area contributed by atoms with Gasteiger partial charge in [-0.3, -0.25) is 33.6 Å². The summed E-state index contributed by atoms with van der Waals surface area (Å²) >= 11 is 0. The molecule has 20 heteroatoms. The Balaban J connectivity index is 1.59. The highest BCUT2D eigenvalue weighted by Gasteiger charge is 2.57. The van der Waals surface area contributed by atoms with E-state index in [2.05, 4.69) is 20.4 Å². The number of nitrogens with zero attached hydrogens (tertiary/aromatic N) is 1. The molecule has 15 atom stereocenters. The summed E-state index contributed by atoms with van der Waals surface area (Å²) in [5.41, 5.74) is 1.41. The predicted molar refractivity (Wildman–Crippen MR) is 407 cm³/mol. The van der Waals surface area contributed by atoms with Crippen LogP contribution in [0.4, 0.5) is 0 Å². The Morgan fingerprint density at radius 2 is 1.15 bits per heavy atom. The molecule has 2 saturated heterocycles. The number of carbonyl (C=O) groups is 8. The highest BCUT2D eigenvalue weighted by atomic mass is 16.7. The van der Waals surface area contributed by atoms with Crippen molar-refractivity contribution in [2.24, 2.45) is 35.5 Å². The number of amides is 1. The van der Waals surface area contributed by atoms with Gasteiger partial charge >= 0.3 is 29.8 Å². The van der Waals surface area contributed by atoms with Crippen LogP contribution in [0.2, 0.25) is 0 Å². The van der Waals surface area contributed by atoms with Crippen molar-refractivity contribution in [2.75, 3.05) is 41.1 Å². The van der Waals surface area contributed by atoms with Gasteiger partial charge in [0, 0.05) is 77.7 Å². The minimum Gasteiger partial charge on any atom is -0.462 e. The SMILES string of the molecule is C=CC[C@@H]1/C=C(\C)C[C@H](C)C[C@H](OC)[C@H]2O[C@@](O)(C(=O)C(=O)N3CCCC[C@H]3C(=O)O[C@H](/C(C)=C/C3CC[C@@H](O)[C@H](OC)C3)[C@H](C)[C@@H](OC(=O)CC(C)CC(=O)OC(COC(=O)CCCCCCCCCCCCCCC)COC(=O)CCCCCCCCCCCCCCC)CC1=O)[C@H](C)C[C@@H]2OC. The third kappa shape index (κ3) is 34.3. The summed E-state index contributed by atoms with van der Waals surface area (Å²) in [6, 6.07) is -1.29. The molecule has 20 nitrogen and oxygen atoms in total. The molecule has 3 fully saturated rings. The topological polar surface area (TPSA) is 263 Å². The van der Waals surface area contributed by atoms with Crippen molar-refractivity contribution >= 4 is 47.3 Å². The molecular formula is C85H143NO19. The Kier molecular flexibility index (Phi) is 46.1. The number of rotatable bonds is 45. The van der Waals surface area contributed by atoms with Crippen LogP contribution in [0.15, 0.2) is 36.0 Å². The number of piperidine rings is 1. The van der Waals surface area contributed by atoms with Gasteiger partial charge in [-0.05, 0) is 114 Å². The van der Waals surface area contributed by atoms with E-state index < -0.39 is 126 Å². The van der Waals surface area contributed by atoms with Gasteiger partial charge in [0.05, 0.1) is 24.4 Å². The fourth-order valence-electron chi connectivity index (χ4n) is 15.9. The highest BCUT2D eigenvalue weighted by Crippen LogP contribution is 2.40. The lowest BCUT2D eigenvalue weighted by atomic mass is 9.81. The number of unbranched alkanes of at least 4 members (excludes halogenated alkanes) is 24. The first kappa shape index (κ1) is 92.5. The van der Waals surface area contributed by atoms with E-state index in [0.717, 1.165) is 49.0 Å². The number of esters is 5.